The van der Waals surface area contributed by atoms with Crippen LogP contribution in [0.15, 0.2) is 0 Å². The fourth-order valence-electron chi connectivity index (χ4n) is 0.863. The summed E-state index contributed by atoms with van der Waals surface area (Å²) in [4.78, 5) is 9.19. The molecule has 80 valence electrons. The topological polar surface area (TPSA) is 55.8 Å². The number of phosphoric ester groups is 1. The minimum Gasteiger partial charge on any atom is -0.302 e. The first kappa shape index (κ1) is 13.1. The third-order valence-corrected chi connectivity index (χ3v) is 2.72. The van der Waals surface area contributed by atoms with Crippen molar-refractivity contribution >= 4 is 7.82 Å². The van der Waals surface area contributed by atoms with Crippen molar-refractivity contribution in [2.75, 3.05) is 6.61 Å². The summed E-state index contributed by atoms with van der Waals surface area (Å²) in [7, 11) is -3.80. The molecule has 0 amide bonds. The smallest absolute Gasteiger partial charge is 0.302 e. The molecule has 0 rings (SSSR count). The Bertz CT molecular complexity index is 168. The average Bonchev–Trinajstić information content (AvgIpc) is 2.11. The third kappa shape index (κ3) is 6.22. The van der Waals surface area contributed by atoms with E-state index in [2.05, 4.69) is 0 Å². The van der Waals surface area contributed by atoms with E-state index in [1.54, 1.807) is 0 Å². The second-order valence-corrected chi connectivity index (χ2v) is 4.25. The predicted octanol–water partition coefficient (Wildman–Crippen LogP) is 2.72. The van der Waals surface area contributed by atoms with Crippen LogP contribution in [0.4, 0.5) is 0 Å². The molecule has 1 atom stereocenters. The first-order valence-electron chi connectivity index (χ1n) is 4.71. The van der Waals surface area contributed by atoms with Gasteiger partial charge in [0.1, 0.15) is 0 Å². The molecule has 0 saturated heterocycles. The zero-order chi connectivity index (χ0) is 10.3. The Hall–Kier alpha value is 0.110. The van der Waals surface area contributed by atoms with Crippen LogP contribution in [-0.2, 0) is 13.6 Å². The van der Waals surface area contributed by atoms with Crippen molar-refractivity contribution in [3.05, 3.63) is 0 Å². The van der Waals surface area contributed by atoms with Crippen LogP contribution in [-0.4, -0.2) is 17.6 Å². The van der Waals surface area contributed by atoms with Crippen LogP contribution < -0.4 is 0 Å². The quantitative estimate of drug-likeness (QED) is 0.656. The second kappa shape index (κ2) is 6.55. The highest BCUT2D eigenvalue weighted by atomic mass is 31.2. The van der Waals surface area contributed by atoms with Gasteiger partial charge in [-0.25, -0.2) is 4.57 Å². The van der Waals surface area contributed by atoms with Gasteiger partial charge in [0.05, 0.1) is 12.7 Å². The molecule has 0 fully saturated rings. The Morgan fingerprint density at radius 1 is 1.31 bits per heavy atom. The van der Waals surface area contributed by atoms with Gasteiger partial charge in [0.15, 0.2) is 0 Å². The zero-order valence-electron chi connectivity index (χ0n) is 8.52. The van der Waals surface area contributed by atoms with Gasteiger partial charge in [0, 0.05) is 0 Å². The van der Waals surface area contributed by atoms with Crippen LogP contribution in [0.25, 0.3) is 0 Å². The standard InChI is InChI=1S/C8H19O4P/c1-4-7-11-13(9,10)12-8(5-2)6-3/h8H,4-7H2,1-3H3,(H,9,10). The molecule has 0 spiro atoms. The average molecular weight is 210 g/mol. The van der Waals surface area contributed by atoms with Gasteiger partial charge >= 0.3 is 7.82 Å². The summed E-state index contributed by atoms with van der Waals surface area (Å²) in [6.45, 7) is 5.95. The van der Waals surface area contributed by atoms with E-state index in [9.17, 15) is 9.46 Å². The molecular formula is C8H19O4P. The first-order valence-corrected chi connectivity index (χ1v) is 6.21. The molecule has 4 nitrogen and oxygen atoms in total. The van der Waals surface area contributed by atoms with E-state index in [0.29, 0.717) is 6.42 Å². The fraction of sp³-hybridized carbons (Fsp3) is 1.00. The SMILES string of the molecule is CCCOP(=O)(O)OC(CC)CC. The monoisotopic (exact) mass is 210 g/mol. The van der Waals surface area contributed by atoms with Gasteiger partial charge in [-0.15, -0.1) is 0 Å². The number of hydrogen-bond acceptors (Lipinski definition) is 3. The molecule has 0 aliphatic heterocycles. The van der Waals surface area contributed by atoms with Crippen LogP contribution in [0.5, 0.6) is 0 Å². The van der Waals surface area contributed by atoms with Crippen LogP contribution in [0.1, 0.15) is 40.0 Å². The summed E-state index contributed by atoms with van der Waals surface area (Å²) in [5.41, 5.74) is 0. The summed E-state index contributed by atoms with van der Waals surface area (Å²) in [5, 5.41) is 0. The highest BCUT2D eigenvalue weighted by Gasteiger charge is 2.24. The van der Waals surface area contributed by atoms with Crippen LogP contribution in [0.3, 0.4) is 0 Å². The fourth-order valence-corrected chi connectivity index (χ4v) is 2.01. The van der Waals surface area contributed by atoms with E-state index in [0.717, 1.165) is 12.8 Å². The molecule has 1 unspecified atom stereocenters. The Kier molecular flexibility index (Phi) is 6.60. The van der Waals surface area contributed by atoms with E-state index in [1.165, 1.54) is 0 Å². The van der Waals surface area contributed by atoms with Gasteiger partial charge in [0.25, 0.3) is 0 Å². The van der Waals surface area contributed by atoms with E-state index in [4.69, 9.17) is 9.05 Å². The maximum Gasteiger partial charge on any atom is 0.472 e. The van der Waals surface area contributed by atoms with E-state index < -0.39 is 7.82 Å². The van der Waals surface area contributed by atoms with Gasteiger partial charge < -0.3 is 4.89 Å². The highest BCUT2D eigenvalue weighted by Crippen LogP contribution is 2.45. The van der Waals surface area contributed by atoms with Gasteiger partial charge in [-0.2, -0.15) is 0 Å². The molecule has 0 aromatic rings. The van der Waals surface area contributed by atoms with Crippen molar-refractivity contribution in [1.82, 2.24) is 0 Å². The van der Waals surface area contributed by atoms with Crippen molar-refractivity contribution in [3.63, 3.8) is 0 Å². The van der Waals surface area contributed by atoms with Crippen molar-refractivity contribution in [2.24, 2.45) is 0 Å². The molecule has 5 heteroatoms. The maximum absolute atomic E-state index is 11.2. The molecule has 0 saturated carbocycles. The van der Waals surface area contributed by atoms with Gasteiger partial charge in [-0.05, 0) is 19.3 Å². The Balaban J connectivity index is 3.91. The predicted molar refractivity (Wildman–Crippen MR) is 51.5 cm³/mol. The van der Waals surface area contributed by atoms with E-state index in [-0.39, 0.29) is 12.7 Å². The van der Waals surface area contributed by atoms with Gasteiger partial charge in [-0.3, -0.25) is 9.05 Å². The molecule has 0 aliphatic carbocycles. The molecule has 0 aliphatic rings. The molecule has 13 heavy (non-hydrogen) atoms. The Morgan fingerprint density at radius 3 is 2.23 bits per heavy atom. The summed E-state index contributed by atoms with van der Waals surface area (Å²) < 4.78 is 20.8. The summed E-state index contributed by atoms with van der Waals surface area (Å²) >= 11 is 0. The molecule has 0 radical (unpaired) electrons. The number of rotatable bonds is 7. The summed E-state index contributed by atoms with van der Waals surface area (Å²) in [6.07, 6.45) is 1.96. The van der Waals surface area contributed by atoms with E-state index >= 15 is 0 Å². The molecule has 0 heterocycles. The molecule has 0 aromatic heterocycles. The lowest BCUT2D eigenvalue weighted by atomic mass is 10.2. The van der Waals surface area contributed by atoms with Crippen LogP contribution in [0.2, 0.25) is 0 Å². The minimum atomic E-state index is -3.80. The first-order chi connectivity index (χ1) is 6.05. The van der Waals surface area contributed by atoms with E-state index in [1.807, 2.05) is 20.8 Å². The Labute approximate surface area is 79.9 Å². The summed E-state index contributed by atoms with van der Waals surface area (Å²) in [6, 6.07) is 0. The van der Waals surface area contributed by atoms with Crippen molar-refractivity contribution in [1.29, 1.82) is 0 Å². The Morgan fingerprint density at radius 2 is 1.85 bits per heavy atom. The lowest BCUT2D eigenvalue weighted by Crippen LogP contribution is -2.09. The number of phosphoric acid groups is 1. The molecule has 0 bridgehead atoms. The largest absolute Gasteiger partial charge is 0.472 e. The minimum absolute atomic E-state index is 0.187. The van der Waals surface area contributed by atoms with Crippen molar-refractivity contribution in [2.45, 2.75) is 46.1 Å². The zero-order valence-corrected chi connectivity index (χ0v) is 9.42. The van der Waals surface area contributed by atoms with Gasteiger partial charge in [0.2, 0.25) is 0 Å². The lowest BCUT2D eigenvalue weighted by Gasteiger charge is -2.17. The number of hydrogen-bond donors (Lipinski definition) is 1. The third-order valence-electron chi connectivity index (χ3n) is 1.65. The maximum atomic E-state index is 11.2. The highest BCUT2D eigenvalue weighted by molar-refractivity contribution is 7.47. The normalized spacial score (nSPS) is 16.1. The van der Waals surface area contributed by atoms with Crippen LogP contribution >= 0.6 is 7.82 Å². The van der Waals surface area contributed by atoms with Crippen LogP contribution in [0, 0.1) is 0 Å². The second-order valence-electron chi connectivity index (χ2n) is 2.85. The molecule has 1 N–H and O–H groups in total. The van der Waals surface area contributed by atoms with Gasteiger partial charge in [-0.1, -0.05) is 20.8 Å². The van der Waals surface area contributed by atoms with Crippen molar-refractivity contribution < 1.29 is 18.5 Å². The lowest BCUT2D eigenvalue weighted by molar-refractivity contribution is 0.0996. The molecular weight excluding hydrogens is 191 g/mol. The summed E-state index contributed by atoms with van der Waals surface area (Å²) in [5.74, 6) is 0. The molecule has 0 aromatic carbocycles. The van der Waals surface area contributed by atoms with Crippen molar-refractivity contribution in [3.8, 4) is 0 Å².